The van der Waals surface area contributed by atoms with E-state index in [1.54, 1.807) is 6.20 Å². The first-order valence-electron chi connectivity index (χ1n) is 4.02. The zero-order chi connectivity index (χ0) is 8.67. The summed E-state index contributed by atoms with van der Waals surface area (Å²) in [4.78, 5) is 8.30. The topological polar surface area (TPSA) is 38.9 Å². The third-order valence-electron chi connectivity index (χ3n) is 2.08. The zero-order valence-electron chi connectivity index (χ0n) is 6.77. The van der Waals surface area contributed by atoms with E-state index >= 15 is 0 Å². The van der Waals surface area contributed by atoms with E-state index in [1.165, 1.54) is 6.39 Å². The van der Waals surface area contributed by atoms with Crippen LogP contribution >= 0.6 is 0 Å². The number of oxazole rings is 1. The molecule has 1 aromatic carbocycles. The second kappa shape index (κ2) is 2.29. The lowest BCUT2D eigenvalue weighted by atomic mass is 10.2. The smallest absolute Gasteiger partial charge is 0.182 e. The molecule has 13 heavy (non-hydrogen) atoms. The van der Waals surface area contributed by atoms with Gasteiger partial charge in [-0.1, -0.05) is 0 Å². The maximum absolute atomic E-state index is 5.28. The Morgan fingerprint density at radius 2 is 1.92 bits per heavy atom. The molecule has 0 aliphatic rings. The largest absolute Gasteiger partial charge is 0.443 e. The summed E-state index contributed by atoms with van der Waals surface area (Å²) < 4.78 is 5.28. The molecule has 3 aromatic rings. The van der Waals surface area contributed by atoms with E-state index in [0.717, 1.165) is 22.0 Å². The summed E-state index contributed by atoms with van der Waals surface area (Å²) in [6, 6.07) is 7.73. The molecule has 0 bridgehead atoms. The zero-order valence-corrected chi connectivity index (χ0v) is 6.77. The summed E-state index contributed by atoms with van der Waals surface area (Å²) in [5.41, 5.74) is 2.62. The molecule has 3 heteroatoms. The minimum absolute atomic E-state index is 0.811. The molecule has 0 unspecified atom stereocenters. The molecule has 0 saturated carbocycles. The fraction of sp³-hybridized carbons (Fsp3) is 0. The fourth-order valence-corrected chi connectivity index (χ4v) is 1.48. The van der Waals surface area contributed by atoms with Gasteiger partial charge >= 0.3 is 0 Å². The van der Waals surface area contributed by atoms with Crippen LogP contribution in [0.25, 0.3) is 22.0 Å². The van der Waals surface area contributed by atoms with Gasteiger partial charge in [0.1, 0.15) is 5.52 Å². The monoisotopic (exact) mass is 170 g/mol. The van der Waals surface area contributed by atoms with Gasteiger partial charge in [0.2, 0.25) is 0 Å². The summed E-state index contributed by atoms with van der Waals surface area (Å²) in [6.07, 6.45) is 3.22. The standard InChI is InChI=1S/C10H6N2O/c1-2-7-8(11-5-1)3-4-9-10(7)13-6-12-9/h1-6H. The maximum Gasteiger partial charge on any atom is 0.182 e. The minimum Gasteiger partial charge on any atom is -0.443 e. The Balaban J connectivity index is 2.65. The van der Waals surface area contributed by atoms with Gasteiger partial charge in [-0.3, -0.25) is 4.98 Å². The number of benzene rings is 1. The highest BCUT2D eigenvalue weighted by Gasteiger charge is 2.03. The van der Waals surface area contributed by atoms with E-state index in [2.05, 4.69) is 9.97 Å². The SMILES string of the molecule is c1cnc2ccc3ncoc3c2c1. The molecule has 0 atom stereocenters. The first-order valence-corrected chi connectivity index (χ1v) is 4.02. The molecule has 0 amide bonds. The highest BCUT2D eigenvalue weighted by molar-refractivity contribution is 6.00. The van der Waals surface area contributed by atoms with E-state index in [1.807, 2.05) is 24.3 Å². The fourth-order valence-electron chi connectivity index (χ4n) is 1.48. The van der Waals surface area contributed by atoms with Gasteiger partial charge in [0.05, 0.1) is 5.52 Å². The lowest BCUT2D eigenvalue weighted by molar-refractivity contribution is 0.605. The molecular weight excluding hydrogens is 164 g/mol. The van der Waals surface area contributed by atoms with Crippen LogP contribution in [0.4, 0.5) is 0 Å². The van der Waals surface area contributed by atoms with Crippen molar-refractivity contribution in [1.29, 1.82) is 0 Å². The van der Waals surface area contributed by atoms with Crippen LogP contribution in [0.2, 0.25) is 0 Å². The quantitative estimate of drug-likeness (QED) is 0.520. The first kappa shape index (κ1) is 6.60. The number of pyridine rings is 1. The van der Waals surface area contributed by atoms with Crippen molar-refractivity contribution in [3.63, 3.8) is 0 Å². The molecule has 0 spiro atoms. The van der Waals surface area contributed by atoms with Crippen molar-refractivity contribution in [3.8, 4) is 0 Å². The van der Waals surface area contributed by atoms with Crippen LogP contribution in [0.15, 0.2) is 41.3 Å². The van der Waals surface area contributed by atoms with Gasteiger partial charge in [0.25, 0.3) is 0 Å². The highest BCUT2D eigenvalue weighted by atomic mass is 16.3. The van der Waals surface area contributed by atoms with E-state index in [-0.39, 0.29) is 0 Å². The van der Waals surface area contributed by atoms with E-state index in [4.69, 9.17) is 4.42 Å². The van der Waals surface area contributed by atoms with Crippen molar-refractivity contribution < 1.29 is 4.42 Å². The molecule has 3 rings (SSSR count). The summed E-state index contributed by atoms with van der Waals surface area (Å²) >= 11 is 0. The lowest BCUT2D eigenvalue weighted by Gasteiger charge is -1.94. The summed E-state index contributed by atoms with van der Waals surface area (Å²) in [6.45, 7) is 0. The Labute approximate surface area is 74.0 Å². The van der Waals surface area contributed by atoms with E-state index in [9.17, 15) is 0 Å². The molecule has 2 heterocycles. The van der Waals surface area contributed by atoms with Crippen LogP contribution in [-0.4, -0.2) is 9.97 Å². The van der Waals surface area contributed by atoms with Crippen molar-refractivity contribution in [3.05, 3.63) is 36.9 Å². The molecule has 0 aliphatic heterocycles. The summed E-state index contributed by atoms with van der Waals surface area (Å²) in [7, 11) is 0. The van der Waals surface area contributed by atoms with Crippen molar-refractivity contribution >= 4 is 22.0 Å². The molecular formula is C10H6N2O. The van der Waals surface area contributed by atoms with Gasteiger partial charge in [-0.05, 0) is 24.3 Å². The number of fused-ring (bicyclic) bond motifs is 3. The Hall–Kier alpha value is -1.90. The molecule has 0 saturated heterocycles. The molecule has 0 fully saturated rings. The Bertz CT molecular complexity index is 571. The normalized spacial score (nSPS) is 11.1. The average molecular weight is 170 g/mol. The number of hydrogen-bond acceptors (Lipinski definition) is 3. The van der Waals surface area contributed by atoms with Crippen molar-refractivity contribution in [1.82, 2.24) is 9.97 Å². The van der Waals surface area contributed by atoms with Gasteiger partial charge in [-0.25, -0.2) is 4.98 Å². The van der Waals surface area contributed by atoms with Crippen LogP contribution in [-0.2, 0) is 0 Å². The third kappa shape index (κ3) is 0.839. The van der Waals surface area contributed by atoms with Crippen LogP contribution in [0.1, 0.15) is 0 Å². The van der Waals surface area contributed by atoms with E-state index < -0.39 is 0 Å². The van der Waals surface area contributed by atoms with Gasteiger partial charge in [-0.15, -0.1) is 0 Å². The first-order chi connectivity index (χ1) is 6.45. The number of nitrogens with zero attached hydrogens (tertiary/aromatic N) is 2. The second-order valence-electron chi connectivity index (χ2n) is 2.84. The van der Waals surface area contributed by atoms with Crippen molar-refractivity contribution in [2.75, 3.05) is 0 Å². The van der Waals surface area contributed by atoms with Gasteiger partial charge in [-0.2, -0.15) is 0 Å². The third-order valence-corrected chi connectivity index (χ3v) is 2.08. The van der Waals surface area contributed by atoms with Crippen LogP contribution in [0, 0.1) is 0 Å². The van der Waals surface area contributed by atoms with Gasteiger partial charge in [0.15, 0.2) is 12.0 Å². The van der Waals surface area contributed by atoms with E-state index in [0.29, 0.717) is 0 Å². The van der Waals surface area contributed by atoms with Crippen LogP contribution in [0.3, 0.4) is 0 Å². The van der Waals surface area contributed by atoms with Crippen LogP contribution < -0.4 is 0 Å². The predicted octanol–water partition coefficient (Wildman–Crippen LogP) is 2.38. The summed E-state index contributed by atoms with van der Waals surface area (Å²) in [5, 5.41) is 1.01. The predicted molar refractivity (Wildman–Crippen MR) is 49.3 cm³/mol. The van der Waals surface area contributed by atoms with Gasteiger partial charge in [0, 0.05) is 11.6 Å². The Morgan fingerprint density at radius 1 is 1.00 bits per heavy atom. The maximum atomic E-state index is 5.28. The molecule has 3 nitrogen and oxygen atoms in total. The Kier molecular flexibility index (Phi) is 1.16. The molecule has 0 N–H and O–H groups in total. The molecule has 0 aliphatic carbocycles. The Morgan fingerprint density at radius 3 is 2.92 bits per heavy atom. The minimum atomic E-state index is 0.811. The van der Waals surface area contributed by atoms with Crippen molar-refractivity contribution in [2.45, 2.75) is 0 Å². The van der Waals surface area contributed by atoms with Crippen LogP contribution in [0.5, 0.6) is 0 Å². The molecule has 62 valence electrons. The highest BCUT2D eigenvalue weighted by Crippen LogP contribution is 2.22. The average Bonchev–Trinajstić information content (AvgIpc) is 2.65. The lowest BCUT2D eigenvalue weighted by Crippen LogP contribution is -1.77. The molecule has 2 aromatic heterocycles. The van der Waals surface area contributed by atoms with Gasteiger partial charge < -0.3 is 4.42 Å². The number of rotatable bonds is 0. The number of hydrogen-bond donors (Lipinski definition) is 0. The van der Waals surface area contributed by atoms with Crippen molar-refractivity contribution in [2.24, 2.45) is 0 Å². The molecule has 0 radical (unpaired) electrons. The summed E-state index contributed by atoms with van der Waals surface area (Å²) in [5.74, 6) is 0. The number of aromatic nitrogens is 2. The second-order valence-corrected chi connectivity index (χ2v) is 2.84.